The highest BCUT2D eigenvalue weighted by Crippen LogP contribution is 2.21. The van der Waals surface area contributed by atoms with Gasteiger partial charge < -0.3 is 0 Å². The fourth-order valence-corrected chi connectivity index (χ4v) is 0.974. The van der Waals surface area contributed by atoms with Crippen molar-refractivity contribution in [2.24, 2.45) is 4.99 Å². The van der Waals surface area contributed by atoms with Crippen molar-refractivity contribution in [1.29, 1.82) is 0 Å². The Morgan fingerprint density at radius 1 is 1.50 bits per heavy atom. The Hall–Kier alpha value is -0.630. The van der Waals surface area contributed by atoms with Crippen LogP contribution < -0.4 is 0 Å². The van der Waals surface area contributed by atoms with Crippen LogP contribution in [0.3, 0.4) is 0 Å². The van der Waals surface area contributed by atoms with Crippen LogP contribution in [0, 0.1) is 6.92 Å². The maximum atomic E-state index is 3.80. The van der Waals surface area contributed by atoms with Crippen LogP contribution in [0.15, 0.2) is 27.7 Å². The van der Waals surface area contributed by atoms with E-state index in [9.17, 15) is 0 Å². The zero-order chi connectivity index (χ0) is 7.56. The zero-order valence-electron chi connectivity index (χ0n) is 5.76. The van der Waals surface area contributed by atoms with Gasteiger partial charge in [-0.05, 0) is 37.4 Å². The van der Waals surface area contributed by atoms with Crippen LogP contribution >= 0.6 is 15.9 Å². The number of benzene rings is 1. The zero-order valence-corrected chi connectivity index (χ0v) is 7.35. The molecule has 10 heavy (non-hydrogen) atoms. The summed E-state index contributed by atoms with van der Waals surface area (Å²) < 4.78 is 1.11. The van der Waals surface area contributed by atoms with E-state index in [1.165, 1.54) is 5.56 Å². The van der Waals surface area contributed by atoms with Crippen molar-refractivity contribution >= 4 is 28.3 Å². The summed E-state index contributed by atoms with van der Waals surface area (Å²) >= 11 is 3.40. The van der Waals surface area contributed by atoms with Gasteiger partial charge in [-0.1, -0.05) is 15.9 Å². The Balaban J connectivity index is 3.16. The number of hydrogen-bond acceptors (Lipinski definition) is 1. The number of rotatable bonds is 1. The molecule has 1 rings (SSSR count). The lowest BCUT2D eigenvalue weighted by Gasteiger charge is -1.97. The van der Waals surface area contributed by atoms with Gasteiger partial charge in [0.05, 0.1) is 5.69 Å². The summed E-state index contributed by atoms with van der Waals surface area (Å²) in [6.45, 7) is 5.46. The van der Waals surface area contributed by atoms with E-state index in [0.717, 1.165) is 10.2 Å². The molecule has 0 fully saturated rings. The molecule has 0 unspecified atom stereocenters. The van der Waals surface area contributed by atoms with Crippen molar-refractivity contribution < 1.29 is 0 Å². The third-order valence-electron chi connectivity index (χ3n) is 1.32. The van der Waals surface area contributed by atoms with Crippen LogP contribution in [-0.2, 0) is 0 Å². The molecule has 0 heterocycles. The Kier molecular flexibility index (Phi) is 2.22. The standard InChI is InChI=1S/C8H8BrN/c1-6-5-7(10-2)3-4-8(6)9/h3-5H,2H2,1H3. The van der Waals surface area contributed by atoms with Gasteiger partial charge in [0.1, 0.15) is 0 Å². The Morgan fingerprint density at radius 2 is 2.20 bits per heavy atom. The van der Waals surface area contributed by atoms with Crippen LogP contribution in [-0.4, -0.2) is 6.72 Å². The molecule has 0 radical (unpaired) electrons. The molecule has 0 amide bonds. The van der Waals surface area contributed by atoms with Gasteiger partial charge in [-0.3, -0.25) is 4.99 Å². The van der Waals surface area contributed by atoms with E-state index < -0.39 is 0 Å². The van der Waals surface area contributed by atoms with Crippen LogP contribution in [0.5, 0.6) is 0 Å². The van der Waals surface area contributed by atoms with Crippen molar-refractivity contribution in [3.8, 4) is 0 Å². The first-order valence-electron chi connectivity index (χ1n) is 2.97. The van der Waals surface area contributed by atoms with Crippen LogP contribution in [0.25, 0.3) is 0 Å². The largest absolute Gasteiger partial charge is 0.265 e. The number of aryl methyl sites for hydroxylation is 1. The second kappa shape index (κ2) is 2.97. The lowest BCUT2D eigenvalue weighted by Crippen LogP contribution is -1.72. The molecule has 0 saturated heterocycles. The minimum atomic E-state index is 0.917. The van der Waals surface area contributed by atoms with Gasteiger partial charge in [0, 0.05) is 4.47 Å². The molecule has 0 aliphatic carbocycles. The molecule has 0 bridgehead atoms. The topological polar surface area (TPSA) is 12.4 Å². The molecule has 0 aromatic heterocycles. The van der Waals surface area contributed by atoms with Crippen molar-refractivity contribution in [2.45, 2.75) is 6.92 Å². The molecule has 0 aliphatic heterocycles. The highest BCUT2D eigenvalue weighted by atomic mass is 79.9. The second-order valence-electron chi connectivity index (χ2n) is 2.09. The third kappa shape index (κ3) is 1.45. The lowest BCUT2D eigenvalue weighted by molar-refractivity contribution is 1.40. The summed E-state index contributed by atoms with van der Waals surface area (Å²) in [7, 11) is 0. The summed E-state index contributed by atoms with van der Waals surface area (Å²) in [5.74, 6) is 0. The molecule has 1 nitrogen and oxygen atoms in total. The van der Waals surface area contributed by atoms with Crippen molar-refractivity contribution in [2.75, 3.05) is 0 Å². The van der Waals surface area contributed by atoms with E-state index in [1.807, 2.05) is 25.1 Å². The van der Waals surface area contributed by atoms with Crippen molar-refractivity contribution in [3.05, 3.63) is 28.2 Å². The smallest absolute Gasteiger partial charge is 0.0625 e. The maximum absolute atomic E-state index is 3.80. The fourth-order valence-electron chi connectivity index (χ4n) is 0.727. The van der Waals surface area contributed by atoms with Crippen molar-refractivity contribution in [3.63, 3.8) is 0 Å². The minimum absolute atomic E-state index is 0.917. The SMILES string of the molecule is C=Nc1ccc(Br)c(C)c1. The van der Waals surface area contributed by atoms with E-state index in [4.69, 9.17) is 0 Å². The second-order valence-corrected chi connectivity index (χ2v) is 2.95. The van der Waals surface area contributed by atoms with Gasteiger partial charge in [-0.15, -0.1) is 0 Å². The summed E-state index contributed by atoms with van der Waals surface area (Å²) in [6.07, 6.45) is 0. The van der Waals surface area contributed by atoms with Crippen LogP contribution in [0.2, 0.25) is 0 Å². The predicted molar refractivity (Wildman–Crippen MR) is 48.1 cm³/mol. The number of halogens is 1. The predicted octanol–water partition coefficient (Wildman–Crippen LogP) is 3.09. The van der Waals surface area contributed by atoms with Gasteiger partial charge in [-0.2, -0.15) is 0 Å². The number of nitrogens with zero attached hydrogens (tertiary/aromatic N) is 1. The Labute approximate surface area is 68.9 Å². The highest BCUT2D eigenvalue weighted by Gasteiger charge is 1.93. The van der Waals surface area contributed by atoms with Crippen molar-refractivity contribution in [1.82, 2.24) is 0 Å². The lowest BCUT2D eigenvalue weighted by atomic mass is 10.2. The summed E-state index contributed by atoms with van der Waals surface area (Å²) in [5.41, 5.74) is 2.10. The number of aliphatic imine (C=N–C) groups is 1. The van der Waals surface area contributed by atoms with E-state index in [1.54, 1.807) is 0 Å². The highest BCUT2D eigenvalue weighted by molar-refractivity contribution is 9.10. The van der Waals surface area contributed by atoms with Crippen LogP contribution in [0.4, 0.5) is 5.69 Å². The van der Waals surface area contributed by atoms with E-state index >= 15 is 0 Å². The molecule has 0 aliphatic rings. The molecule has 52 valence electrons. The first-order valence-corrected chi connectivity index (χ1v) is 3.76. The Bertz CT molecular complexity index is 255. The summed E-state index contributed by atoms with van der Waals surface area (Å²) in [6, 6.07) is 5.88. The monoisotopic (exact) mass is 197 g/mol. The minimum Gasteiger partial charge on any atom is -0.265 e. The number of hydrogen-bond donors (Lipinski definition) is 0. The molecule has 0 atom stereocenters. The first-order chi connectivity index (χ1) is 4.74. The Morgan fingerprint density at radius 3 is 2.70 bits per heavy atom. The van der Waals surface area contributed by atoms with E-state index in [2.05, 4.69) is 27.6 Å². The van der Waals surface area contributed by atoms with Gasteiger partial charge in [0.25, 0.3) is 0 Å². The molecule has 0 saturated carbocycles. The van der Waals surface area contributed by atoms with Gasteiger partial charge >= 0.3 is 0 Å². The molecule has 1 aromatic rings. The summed E-state index contributed by atoms with van der Waals surface area (Å²) in [5, 5.41) is 0. The first kappa shape index (κ1) is 7.48. The molecule has 0 spiro atoms. The van der Waals surface area contributed by atoms with E-state index in [0.29, 0.717) is 0 Å². The molecule has 2 heteroatoms. The van der Waals surface area contributed by atoms with Gasteiger partial charge in [-0.25, -0.2) is 0 Å². The quantitative estimate of drug-likeness (QED) is 0.615. The average Bonchev–Trinajstić information content (AvgIpc) is 1.95. The van der Waals surface area contributed by atoms with Crippen LogP contribution in [0.1, 0.15) is 5.56 Å². The molecular weight excluding hydrogens is 190 g/mol. The third-order valence-corrected chi connectivity index (χ3v) is 2.21. The summed E-state index contributed by atoms with van der Waals surface area (Å²) in [4.78, 5) is 3.80. The average molecular weight is 198 g/mol. The van der Waals surface area contributed by atoms with Gasteiger partial charge in [0.15, 0.2) is 0 Å². The molecule has 1 aromatic carbocycles. The molecule has 0 N–H and O–H groups in total. The van der Waals surface area contributed by atoms with Gasteiger partial charge in [0.2, 0.25) is 0 Å². The maximum Gasteiger partial charge on any atom is 0.0625 e. The fraction of sp³-hybridized carbons (Fsp3) is 0.125. The molecular formula is C8H8BrN. The van der Waals surface area contributed by atoms with E-state index in [-0.39, 0.29) is 0 Å². The normalized spacial score (nSPS) is 9.40.